The van der Waals surface area contributed by atoms with Crippen LogP contribution in [0.4, 0.5) is 15.8 Å². The molecule has 1 N–H and O–H groups in total. The Bertz CT molecular complexity index is 910. The number of hydrogen-bond donors (Lipinski definition) is 1. The van der Waals surface area contributed by atoms with E-state index >= 15 is 0 Å². The predicted molar refractivity (Wildman–Crippen MR) is 87.6 cm³/mol. The van der Waals surface area contributed by atoms with Crippen molar-refractivity contribution in [3.63, 3.8) is 0 Å². The molecule has 0 aliphatic carbocycles. The van der Waals surface area contributed by atoms with Crippen molar-refractivity contribution in [3.05, 3.63) is 56.8 Å². The van der Waals surface area contributed by atoms with Gasteiger partial charge in [0.05, 0.1) is 4.92 Å². The lowest BCUT2D eigenvalue weighted by atomic mass is 10.2. The van der Waals surface area contributed by atoms with Gasteiger partial charge in [0, 0.05) is 35.5 Å². The minimum absolute atomic E-state index is 0.0381. The van der Waals surface area contributed by atoms with Crippen LogP contribution in [0.1, 0.15) is 12.3 Å². The molecule has 0 aliphatic heterocycles. The van der Waals surface area contributed by atoms with E-state index in [9.17, 15) is 19.3 Å². The Morgan fingerprint density at radius 1 is 1.40 bits per heavy atom. The first kappa shape index (κ1) is 16.7. The van der Waals surface area contributed by atoms with Crippen LogP contribution in [0.5, 0.6) is 0 Å². The number of carbonyl (C=O) groups excluding carboxylic acids is 1. The molecule has 0 radical (unpaired) electrons. The summed E-state index contributed by atoms with van der Waals surface area (Å²) in [5.41, 5.74) is 0.278. The van der Waals surface area contributed by atoms with E-state index in [1.165, 1.54) is 17.4 Å². The molecule has 0 unspecified atom stereocenters. The number of benzene rings is 1. The van der Waals surface area contributed by atoms with Gasteiger partial charge in [0.25, 0.3) is 0 Å². The Labute approximate surface area is 144 Å². The molecule has 10 heteroatoms. The number of nitrogens with zero attached hydrogens (tertiary/aromatic N) is 3. The molecule has 0 spiro atoms. The number of carbonyl (C=O) groups is 1. The van der Waals surface area contributed by atoms with Gasteiger partial charge < -0.3 is 9.84 Å². The first-order chi connectivity index (χ1) is 12.0. The van der Waals surface area contributed by atoms with E-state index in [1.807, 2.05) is 16.8 Å². The molecule has 0 saturated heterocycles. The maximum atomic E-state index is 13.3. The Balaban J connectivity index is 1.58. The van der Waals surface area contributed by atoms with Crippen molar-refractivity contribution >= 4 is 28.6 Å². The standard InChI is InChI=1S/C15H11FN4O4S/c16-11-2-1-10(7-12(11)20(22)23)17-13(21)3-4-14-18-15(19-24-14)9-5-6-25-8-9/h1-2,5-8H,3-4H2,(H,17,21). The summed E-state index contributed by atoms with van der Waals surface area (Å²) < 4.78 is 18.3. The van der Waals surface area contributed by atoms with Crippen LogP contribution in [0.25, 0.3) is 11.4 Å². The molecule has 128 valence electrons. The third-order valence-corrected chi connectivity index (χ3v) is 3.92. The van der Waals surface area contributed by atoms with E-state index in [2.05, 4.69) is 15.5 Å². The molecule has 3 rings (SSSR count). The molecular formula is C15H11FN4O4S. The van der Waals surface area contributed by atoms with Gasteiger partial charge in [-0.2, -0.15) is 20.7 Å². The van der Waals surface area contributed by atoms with Gasteiger partial charge >= 0.3 is 5.69 Å². The van der Waals surface area contributed by atoms with Gasteiger partial charge in [-0.25, -0.2) is 0 Å². The first-order valence-corrected chi connectivity index (χ1v) is 8.06. The lowest BCUT2D eigenvalue weighted by Crippen LogP contribution is -2.12. The van der Waals surface area contributed by atoms with Gasteiger partial charge in [-0.3, -0.25) is 14.9 Å². The normalized spacial score (nSPS) is 10.6. The van der Waals surface area contributed by atoms with E-state index in [-0.39, 0.29) is 18.5 Å². The zero-order chi connectivity index (χ0) is 17.8. The zero-order valence-electron chi connectivity index (χ0n) is 12.6. The lowest BCUT2D eigenvalue weighted by Gasteiger charge is -2.04. The second kappa shape index (κ2) is 7.18. The summed E-state index contributed by atoms with van der Waals surface area (Å²) in [6, 6.07) is 5.00. The number of amides is 1. The predicted octanol–water partition coefficient (Wildman–Crippen LogP) is 3.42. The van der Waals surface area contributed by atoms with Gasteiger partial charge in [0.15, 0.2) is 0 Å². The summed E-state index contributed by atoms with van der Waals surface area (Å²) in [6.07, 6.45) is 0.253. The number of nitro groups is 1. The fourth-order valence-electron chi connectivity index (χ4n) is 2.04. The van der Waals surface area contributed by atoms with Gasteiger partial charge in [-0.1, -0.05) is 5.16 Å². The molecule has 1 aromatic carbocycles. The van der Waals surface area contributed by atoms with E-state index in [0.29, 0.717) is 11.7 Å². The SMILES string of the molecule is O=C(CCc1nc(-c2ccsc2)no1)Nc1ccc(F)c([N+](=O)[O-])c1. The summed E-state index contributed by atoms with van der Waals surface area (Å²) in [5.74, 6) is -0.613. The van der Waals surface area contributed by atoms with Crippen molar-refractivity contribution in [1.82, 2.24) is 10.1 Å². The number of nitrogens with one attached hydrogen (secondary N) is 1. The van der Waals surface area contributed by atoms with E-state index < -0.39 is 22.3 Å². The number of anilines is 1. The molecule has 2 heterocycles. The number of thiophene rings is 1. The van der Waals surface area contributed by atoms with Gasteiger partial charge in [0.2, 0.25) is 23.4 Å². The third-order valence-electron chi connectivity index (χ3n) is 3.24. The third kappa shape index (κ3) is 4.04. The molecule has 0 aliphatic rings. The van der Waals surface area contributed by atoms with Crippen molar-refractivity contribution in [3.8, 4) is 11.4 Å². The van der Waals surface area contributed by atoms with Crippen LogP contribution in [0.15, 0.2) is 39.5 Å². The highest BCUT2D eigenvalue weighted by Gasteiger charge is 2.16. The van der Waals surface area contributed by atoms with Crippen LogP contribution in [0.3, 0.4) is 0 Å². The average molecular weight is 362 g/mol. The zero-order valence-corrected chi connectivity index (χ0v) is 13.5. The Hall–Kier alpha value is -3.14. The number of halogens is 1. The van der Waals surface area contributed by atoms with Crippen LogP contribution in [0.2, 0.25) is 0 Å². The number of nitro benzene ring substituents is 1. The Morgan fingerprint density at radius 2 is 2.24 bits per heavy atom. The highest BCUT2D eigenvalue weighted by atomic mass is 32.1. The summed E-state index contributed by atoms with van der Waals surface area (Å²) in [7, 11) is 0. The second-order valence-corrected chi connectivity index (χ2v) is 5.78. The van der Waals surface area contributed by atoms with Crippen LogP contribution in [0, 0.1) is 15.9 Å². The molecule has 0 saturated carbocycles. The van der Waals surface area contributed by atoms with Crippen molar-refractivity contribution < 1.29 is 18.6 Å². The second-order valence-electron chi connectivity index (χ2n) is 5.00. The molecule has 0 bridgehead atoms. The van der Waals surface area contributed by atoms with Gasteiger partial charge in [-0.05, 0) is 23.6 Å². The highest BCUT2D eigenvalue weighted by molar-refractivity contribution is 7.08. The van der Waals surface area contributed by atoms with E-state index in [0.717, 1.165) is 17.7 Å². The smallest absolute Gasteiger partial charge is 0.306 e. The largest absolute Gasteiger partial charge is 0.339 e. The Morgan fingerprint density at radius 3 is 2.96 bits per heavy atom. The number of hydrogen-bond acceptors (Lipinski definition) is 7. The number of rotatable bonds is 6. The Kier molecular flexibility index (Phi) is 4.80. The first-order valence-electron chi connectivity index (χ1n) is 7.12. The molecule has 8 nitrogen and oxygen atoms in total. The molecule has 0 atom stereocenters. The highest BCUT2D eigenvalue weighted by Crippen LogP contribution is 2.22. The van der Waals surface area contributed by atoms with Crippen molar-refractivity contribution in [2.24, 2.45) is 0 Å². The fraction of sp³-hybridized carbons (Fsp3) is 0.133. The summed E-state index contributed by atoms with van der Waals surface area (Å²) in [4.78, 5) is 26.0. The lowest BCUT2D eigenvalue weighted by molar-refractivity contribution is -0.387. The van der Waals surface area contributed by atoms with Crippen LogP contribution >= 0.6 is 11.3 Å². The van der Waals surface area contributed by atoms with E-state index in [4.69, 9.17) is 4.52 Å². The molecule has 0 fully saturated rings. The molecule has 2 aromatic heterocycles. The van der Waals surface area contributed by atoms with Gasteiger partial charge in [-0.15, -0.1) is 0 Å². The van der Waals surface area contributed by atoms with Crippen molar-refractivity contribution in [2.45, 2.75) is 12.8 Å². The summed E-state index contributed by atoms with van der Waals surface area (Å²) in [5, 5.41) is 20.8. The van der Waals surface area contributed by atoms with Crippen molar-refractivity contribution in [2.75, 3.05) is 5.32 Å². The maximum Gasteiger partial charge on any atom is 0.306 e. The number of aromatic nitrogens is 2. The molecule has 1 amide bonds. The summed E-state index contributed by atoms with van der Waals surface area (Å²) >= 11 is 1.51. The quantitative estimate of drug-likeness (QED) is 0.531. The van der Waals surface area contributed by atoms with Crippen LogP contribution in [-0.2, 0) is 11.2 Å². The van der Waals surface area contributed by atoms with Crippen molar-refractivity contribution in [1.29, 1.82) is 0 Å². The van der Waals surface area contributed by atoms with Crippen LogP contribution < -0.4 is 5.32 Å². The molecular weight excluding hydrogens is 351 g/mol. The molecule has 25 heavy (non-hydrogen) atoms. The number of aryl methyl sites for hydroxylation is 1. The van der Waals surface area contributed by atoms with Gasteiger partial charge in [0.1, 0.15) is 0 Å². The minimum Gasteiger partial charge on any atom is -0.339 e. The van der Waals surface area contributed by atoms with Crippen LogP contribution in [-0.4, -0.2) is 21.0 Å². The molecule has 3 aromatic rings. The topological polar surface area (TPSA) is 111 Å². The minimum atomic E-state index is -0.963. The average Bonchev–Trinajstić information content (AvgIpc) is 3.25. The monoisotopic (exact) mass is 362 g/mol. The van der Waals surface area contributed by atoms with E-state index in [1.54, 1.807) is 0 Å². The summed E-state index contributed by atoms with van der Waals surface area (Å²) in [6.45, 7) is 0. The fourth-order valence-corrected chi connectivity index (χ4v) is 2.67. The maximum absolute atomic E-state index is 13.3.